The molecule has 2 aromatic carbocycles. The van der Waals surface area contributed by atoms with Gasteiger partial charge in [0, 0.05) is 30.4 Å². The van der Waals surface area contributed by atoms with Gasteiger partial charge in [-0.1, -0.05) is 48.5 Å². The van der Waals surface area contributed by atoms with Gasteiger partial charge in [-0.05, 0) is 42.7 Å². The van der Waals surface area contributed by atoms with Gasteiger partial charge in [-0.3, -0.25) is 4.79 Å². The molecule has 5 nitrogen and oxygen atoms in total. The lowest BCUT2D eigenvalue weighted by Crippen LogP contribution is -2.43. The summed E-state index contributed by atoms with van der Waals surface area (Å²) < 4.78 is 26.8. The van der Waals surface area contributed by atoms with Crippen LogP contribution in [0.1, 0.15) is 24.8 Å². The number of nitrogens with one attached hydrogen (secondary N) is 1. The van der Waals surface area contributed by atoms with Crippen LogP contribution in [-0.2, 0) is 20.6 Å². The molecule has 29 heavy (non-hydrogen) atoms. The monoisotopic (exact) mass is 432 g/mol. The second-order valence-electron chi connectivity index (χ2n) is 7.22. The van der Waals surface area contributed by atoms with E-state index in [0.29, 0.717) is 32.5 Å². The van der Waals surface area contributed by atoms with Crippen molar-refractivity contribution >= 4 is 27.7 Å². The maximum Gasteiger partial charge on any atom is 0.223 e. The van der Waals surface area contributed by atoms with Crippen LogP contribution >= 0.6 is 11.8 Å². The first kappa shape index (κ1) is 21.9. The van der Waals surface area contributed by atoms with Gasteiger partial charge in [0.1, 0.15) is 0 Å². The van der Waals surface area contributed by atoms with Crippen molar-refractivity contribution in [3.8, 4) is 0 Å². The standard InChI is InChI=1S/C22H28N2O3S2/c25-22(23-14-7-17-28-21-10-5-2-6-11-21)20-12-15-24(16-13-20)29(26,27)18-19-8-3-1-4-9-19/h1-6,8-11,20H,7,12-18H2,(H,23,25). The van der Waals surface area contributed by atoms with Crippen molar-refractivity contribution in [2.45, 2.75) is 29.9 Å². The predicted molar refractivity (Wildman–Crippen MR) is 118 cm³/mol. The largest absolute Gasteiger partial charge is 0.356 e. The minimum Gasteiger partial charge on any atom is -0.356 e. The van der Waals surface area contributed by atoms with E-state index in [2.05, 4.69) is 17.4 Å². The Morgan fingerprint density at radius 1 is 1.00 bits per heavy atom. The fraction of sp³-hybridized carbons (Fsp3) is 0.409. The van der Waals surface area contributed by atoms with E-state index in [4.69, 9.17) is 0 Å². The number of piperidine rings is 1. The number of carbonyl (C=O) groups is 1. The Kier molecular flexibility index (Phi) is 8.15. The van der Waals surface area contributed by atoms with Gasteiger partial charge in [0.05, 0.1) is 5.75 Å². The molecule has 2 aromatic rings. The molecule has 1 fully saturated rings. The van der Waals surface area contributed by atoms with Gasteiger partial charge < -0.3 is 5.32 Å². The summed E-state index contributed by atoms with van der Waals surface area (Å²) in [5, 5.41) is 3.01. The lowest BCUT2D eigenvalue weighted by molar-refractivity contribution is -0.126. The highest BCUT2D eigenvalue weighted by molar-refractivity contribution is 7.99. The maximum absolute atomic E-state index is 12.6. The maximum atomic E-state index is 12.6. The normalized spacial score (nSPS) is 15.9. The van der Waals surface area contributed by atoms with Crippen molar-refractivity contribution in [1.82, 2.24) is 9.62 Å². The minimum atomic E-state index is -3.34. The number of thioether (sulfide) groups is 1. The average Bonchev–Trinajstić information content (AvgIpc) is 2.74. The third kappa shape index (κ3) is 6.87. The molecule has 7 heteroatoms. The van der Waals surface area contributed by atoms with Gasteiger partial charge in [0.15, 0.2) is 0 Å². The molecule has 0 unspecified atom stereocenters. The van der Waals surface area contributed by atoms with E-state index in [-0.39, 0.29) is 17.6 Å². The lowest BCUT2D eigenvalue weighted by atomic mass is 9.97. The van der Waals surface area contributed by atoms with Crippen molar-refractivity contribution in [3.63, 3.8) is 0 Å². The van der Waals surface area contributed by atoms with Gasteiger partial charge in [0.2, 0.25) is 15.9 Å². The summed E-state index contributed by atoms with van der Waals surface area (Å²) in [6.45, 7) is 1.49. The lowest BCUT2D eigenvalue weighted by Gasteiger charge is -2.30. The molecule has 1 N–H and O–H groups in total. The predicted octanol–water partition coefficient (Wildman–Crippen LogP) is 3.53. The molecular formula is C22H28N2O3S2. The third-order valence-electron chi connectivity index (χ3n) is 5.04. The van der Waals surface area contributed by atoms with E-state index in [1.807, 2.05) is 48.5 Å². The summed E-state index contributed by atoms with van der Waals surface area (Å²) in [4.78, 5) is 13.6. The van der Waals surface area contributed by atoms with Crippen LogP contribution in [0.25, 0.3) is 0 Å². The molecule has 0 bridgehead atoms. The van der Waals surface area contributed by atoms with E-state index in [1.54, 1.807) is 11.8 Å². The van der Waals surface area contributed by atoms with Gasteiger partial charge in [-0.2, -0.15) is 0 Å². The molecule has 1 aliphatic rings. The zero-order valence-electron chi connectivity index (χ0n) is 16.5. The number of nitrogens with zero attached hydrogens (tertiary/aromatic N) is 1. The van der Waals surface area contributed by atoms with E-state index in [0.717, 1.165) is 17.7 Å². The Labute approximate surface area is 177 Å². The number of sulfonamides is 1. The Morgan fingerprint density at radius 3 is 2.28 bits per heavy atom. The van der Waals surface area contributed by atoms with E-state index in [9.17, 15) is 13.2 Å². The van der Waals surface area contributed by atoms with Gasteiger partial charge in [-0.25, -0.2) is 12.7 Å². The number of carbonyl (C=O) groups excluding carboxylic acids is 1. The molecule has 0 aromatic heterocycles. The molecule has 0 spiro atoms. The first-order valence-corrected chi connectivity index (χ1v) is 12.6. The quantitative estimate of drug-likeness (QED) is 0.486. The van der Waals surface area contributed by atoms with Crippen LogP contribution in [0.3, 0.4) is 0 Å². The van der Waals surface area contributed by atoms with Crippen molar-refractivity contribution < 1.29 is 13.2 Å². The van der Waals surface area contributed by atoms with Crippen LogP contribution in [0.15, 0.2) is 65.6 Å². The number of rotatable bonds is 9. The van der Waals surface area contributed by atoms with E-state index < -0.39 is 10.0 Å². The zero-order chi connectivity index (χ0) is 20.5. The molecule has 3 rings (SSSR count). The number of hydrogen-bond acceptors (Lipinski definition) is 4. The molecular weight excluding hydrogens is 404 g/mol. The Morgan fingerprint density at radius 2 is 1.62 bits per heavy atom. The molecule has 0 atom stereocenters. The highest BCUT2D eigenvalue weighted by Gasteiger charge is 2.30. The van der Waals surface area contributed by atoms with Gasteiger partial charge in [0.25, 0.3) is 0 Å². The molecule has 1 saturated heterocycles. The molecule has 0 radical (unpaired) electrons. The Bertz CT molecular complexity index is 865. The van der Waals surface area contributed by atoms with Crippen LogP contribution in [-0.4, -0.2) is 44.0 Å². The molecule has 0 saturated carbocycles. The van der Waals surface area contributed by atoms with Crippen LogP contribution in [0.2, 0.25) is 0 Å². The fourth-order valence-corrected chi connectivity index (χ4v) is 5.84. The van der Waals surface area contributed by atoms with Crippen molar-refractivity contribution in [1.29, 1.82) is 0 Å². The van der Waals surface area contributed by atoms with E-state index >= 15 is 0 Å². The highest BCUT2D eigenvalue weighted by Crippen LogP contribution is 2.22. The Hall–Kier alpha value is -1.83. The van der Waals surface area contributed by atoms with Crippen LogP contribution in [0.5, 0.6) is 0 Å². The fourth-order valence-electron chi connectivity index (χ4n) is 3.41. The van der Waals surface area contributed by atoms with Gasteiger partial charge >= 0.3 is 0 Å². The first-order valence-electron chi connectivity index (χ1n) is 10.0. The van der Waals surface area contributed by atoms with Crippen molar-refractivity contribution in [2.75, 3.05) is 25.4 Å². The second kappa shape index (κ2) is 10.8. The SMILES string of the molecule is O=C(NCCCSc1ccccc1)C1CCN(S(=O)(=O)Cc2ccccc2)CC1. The zero-order valence-corrected chi connectivity index (χ0v) is 18.1. The average molecular weight is 433 g/mol. The smallest absolute Gasteiger partial charge is 0.223 e. The molecule has 1 heterocycles. The molecule has 156 valence electrons. The second-order valence-corrected chi connectivity index (χ2v) is 10.4. The summed E-state index contributed by atoms with van der Waals surface area (Å²) >= 11 is 1.79. The Balaban J connectivity index is 1.35. The molecule has 1 amide bonds. The summed E-state index contributed by atoms with van der Waals surface area (Å²) in [6, 6.07) is 19.4. The summed E-state index contributed by atoms with van der Waals surface area (Å²) in [7, 11) is -3.34. The third-order valence-corrected chi connectivity index (χ3v) is 7.99. The van der Waals surface area contributed by atoms with Crippen molar-refractivity contribution in [3.05, 3.63) is 66.2 Å². The number of benzene rings is 2. The molecule has 0 aliphatic carbocycles. The summed E-state index contributed by atoms with van der Waals surface area (Å²) in [5.41, 5.74) is 0.792. The van der Waals surface area contributed by atoms with Crippen molar-refractivity contribution in [2.24, 2.45) is 5.92 Å². The van der Waals surface area contributed by atoms with Crippen LogP contribution in [0, 0.1) is 5.92 Å². The molecule has 1 aliphatic heterocycles. The van der Waals surface area contributed by atoms with Crippen LogP contribution < -0.4 is 5.32 Å². The summed E-state index contributed by atoms with van der Waals surface area (Å²) in [6.07, 6.45) is 2.08. The first-order chi connectivity index (χ1) is 14.0. The highest BCUT2D eigenvalue weighted by atomic mass is 32.2. The minimum absolute atomic E-state index is 0.0176. The van der Waals surface area contributed by atoms with Gasteiger partial charge in [-0.15, -0.1) is 11.8 Å². The van der Waals surface area contributed by atoms with Crippen LogP contribution in [0.4, 0.5) is 0 Å². The van der Waals surface area contributed by atoms with E-state index in [1.165, 1.54) is 9.20 Å². The number of amides is 1. The number of hydrogen-bond donors (Lipinski definition) is 1. The topological polar surface area (TPSA) is 66.5 Å². The summed E-state index contributed by atoms with van der Waals surface area (Å²) in [5.74, 6) is 0.930.